The van der Waals surface area contributed by atoms with Crippen molar-refractivity contribution >= 4 is 15.8 Å². The monoisotopic (exact) mass is 218 g/mol. The molecular formula is C5H8F2O5S. The van der Waals surface area contributed by atoms with E-state index in [-0.39, 0.29) is 0 Å². The van der Waals surface area contributed by atoms with Gasteiger partial charge < -0.3 is 9.84 Å². The number of sulfone groups is 1. The molecule has 0 rings (SSSR count). The van der Waals surface area contributed by atoms with Gasteiger partial charge in [-0.05, 0) is 0 Å². The highest BCUT2D eigenvalue weighted by Crippen LogP contribution is 2.22. The normalized spacial score (nSPS) is 12.8. The second-order valence-corrected chi connectivity index (χ2v) is 4.28. The second-order valence-electron chi connectivity index (χ2n) is 2.13. The Morgan fingerprint density at radius 3 is 2.31 bits per heavy atom. The van der Waals surface area contributed by atoms with E-state index in [9.17, 15) is 22.0 Å². The van der Waals surface area contributed by atoms with Gasteiger partial charge in [0.25, 0.3) is 0 Å². The van der Waals surface area contributed by atoms with Crippen LogP contribution in [0.25, 0.3) is 0 Å². The number of rotatable bonds is 5. The van der Waals surface area contributed by atoms with Gasteiger partial charge in [-0.15, -0.1) is 0 Å². The first-order valence-electron chi connectivity index (χ1n) is 3.08. The van der Waals surface area contributed by atoms with E-state index < -0.39 is 33.4 Å². The van der Waals surface area contributed by atoms with Gasteiger partial charge in [-0.2, -0.15) is 8.78 Å². The molecule has 0 aromatic rings. The summed E-state index contributed by atoms with van der Waals surface area (Å²) in [7, 11) is -3.86. The zero-order valence-corrected chi connectivity index (χ0v) is 7.48. The Labute approximate surface area is 73.2 Å². The van der Waals surface area contributed by atoms with E-state index in [0.717, 1.165) is 7.11 Å². The quantitative estimate of drug-likeness (QED) is 0.686. The lowest BCUT2D eigenvalue weighted by Gasteiger charge is -2.11. The van der Waals surface area contributed by atoms with Gasteiger partial charge in [-0.3, -0.25) is 0 Å². The lowest BCUT2D eigenvalue weighted by molar-refractivity contribution is -0.153. The zero-order valence-electron chi connectivity index (χ0n) is 6.66. The summed E-state index contributed by atoms with van der Waals surface area (Å²) in [5.74, 6) is -3.70. The largest absolute Gasteiger partial charge is 0.476 e. The van der Waals surface area contributed by atoms with Gasteiger partial charge in [-0.1, -0.05) is 0 Å². The van der Waals surface area contributed by atoms with E-state index in [1.54, 1.807) is 0 Å². The van der Waals surface area contributed by atoms with Crippen LogP contribution in [0.4, 0.5) is 8.78 Å². The minimum Gasteiger partial charge on any atom is -0.476 e. The number of ether oxygens (including phenoxy) is 1. The van der Waals surface area contributed by atoms with Gasteiger partial charge in [0.2, 0.25) is 9.84 Å². The molecule has 0 radical (unpaired) electrons. The van der Waals surface area contributed by atoms with Crippen molar-refractivity contribution in [2.75, 3.05) is 19.5 Å². The fourth-order valence-corrected chi connectivity index (χ4v) is 1.36. The molecule has 1 N–H and O–H groups in total. The topological polar surface area (TPSA) is 80.7 Å². The SMILES string of the molecule is COCCS(=O)(=O)C(F)(F)C(=O)O. The Bertz CT molecular complexity index is 283. The molecule has 78 valence electrons. The van der Waals surface area contributed by atoms with Crippen LogP contribution in [0.5, 0.6) is 0 Å². The van der Waals surface area contributed by atoms with Crippen molar-refractivity contribution in [3.8, 4) is 0 Å². The Hall–Kier alpha value is -0.760. The third kappa shape index (κ3) is 2.59. The number of hydrogen-bond acceptors (Lipinski definition) is 4. The summed E-state index contributed by atoms with van der Waals surface area (Å²) in [6.07, 6.45) is 0. The van der Waals surface area contributed by atoms with E-state index in [1.807, 2.05) is 0 Å². The molecule has 0 fully saturated rings. The van der Waals surface area contributed by atoms with Gasteiger partial charge in [0.1, 0.15) is 0 Å². The minimum absolute atomic E-state index is 0.467. The minimum atomic E-state index is -4.98. The van der Waals surface area contributed by atoms with Crippen LogP contribution in [0.15, 0.2) is 0 Å². The van der Waals surface area contributed by atoms with Gasteiger partial charge >= 0.3 is 11.2 Å². The van der Waals surface area contributed by atoms with Crippen molar-refractivity contribution in [2.45, 2.75) is 5.25 Å². The van der Waals surface area contributed by atoms with Crippen molar-refractivity contribution in [2.24, 2.45) is 0 Å². The summed E-state index contributed by atoms with van der Waals surface area (Å²) < 4.78 is 50.3. The Balaban J connectivity index is 4.73. The Morgan fingerprint density at radius 1 is 1.54 bits per heavy atom. The van der Waals surface area contributed by atoms with E-state index in [4.69, 9.17) is 5.11 Å². The first-order valence-corrected chi connectivity index (χ1v) is 4.73. The van der Waals surface area contributed by atoms with Crippen molar-refractivity contribution in [3.63, 3.8) is 0 Å². The molecule has 0 atom stereocenters. The lowest BCUT2D eigenvalue weighted by Crippen LogP contribution is -2.40. The Morgan fingerprint density at radius 2 is 2.00 bits per heavy atom. The van der Waals surface area contributed by atoms with Crippen LogP contribution in [0, 0.1) is 0 Å². The average molecular weight is 218 g/mol. The second kappa shape index (κ2) is 3.97. The number of carboxylic acid groups (broad SMARTS) is 1. The highest BCUT2D eigenvalue weighted by Gasteiger charge is 2.52. The molecule has 8 heteroatoms. The molecule has 0 unspecified atom stereocenters. The fraction of sp³-hybridized carbons (Fsp3) is 0.800. The average Bonchev–Trinajstić information content (AvgIpc) is 2.00. The third-order valence-electron chi connectivity index (χ3n) is 1.20. The van der Waals surface area contributed by atoms with Crippen LogP contribution in [0.2, 0.25) is 0 Å². The molecule has 13 heavy (non-hydrogen) atoms. The summed E-state index contributed by atoms with van der Waals surface area (Å²) in [4.78, 5) is 9.86. The van der Waals surface area contributed by atoms with E-state index in [0.29, 0.717) is 0 Å². The van der Waals surface area contributed by atoms with Crippen molar-refractivity contribution < 1.29 is 31.8 Å². The smallest absolute Gasteiger partial charge is 0.439 e. The summed E-state index contributed by atoms with van der Waals surface area (Å²) in [5.41, 5.74) is 0. The number of hydrogen-bond donors (Lipinski definition) is 1. The highest BCUT2D eigenvalue weighted by atomic mass is 32.2. The summed E-state index contributed by atoms with van der Waals surface area (Å²) in [6, 6.07) is 0. The van der Waals surface area contributed by atoms with Gasteiger partial charge in [0.05, 0.1) is 12.4 Å². The number of carboxylic acids is 1. The van der Waals surface area contributed by atoms with Crippen molar-refractivity contribution in [1.82, 2.24) is 0 Å². The van der Waals surface area contributed by atoms with Crippen LogP contribution in [0.3, 0.4) is 0 Å². The molecule has 0 saturated heterocycles. The first-order chi connectivity index (χ1) is 5.75. The Kier molecular flexibility index (Phi) is 3.73. The standard InChI is InChI=1S/C5H8F2O5S/c1-12-2-3-13(10,11)5(6,7)4(8)9/h2-3H2,1H3,(H,8,9). The third-order valence-corrected chi connectivity index (χ3v) is 2.86. The maximum atomic E-state index is 12.4. The van der Waals surface area contributed by atoms with Gasteiger partial charge in [-0.25, -0.2) is 13.2 Å². The number of carbonyl (C=O) groups is 1. The molecule has 0 aromatic carbocycles. The van der Waals surface area contributed by atoms with Gasteiger partial charge in [0, 0.05) is 7.11 Å². The molecule has 0 aliphatic heterocycles. The molecule has 0 spiro atoms. The summed E-state index contributed by atoms with van der Waals surface area (Å²) >= 11 is 0. The molecule has 0 bridgehead atoms. The molecular weight excluding hydrogens is 210 g/mol. The molecule has 5 nitrogen and oxygen atoms in total. The zero-order chi connectivity index (χ0) is 10.7. The fourth-order valence-electron chi connectivity index (χ4n) is 0.454. The van der Waals surface area contributed by atoms with E-state index in [1.165, 1.54) is 0 Å². The lowest BCUT2D eigenvalue weighted by atomic mass is 10.7. The summed E-state index contributed by atoms with van der Waals surface area (Å²) in [6.45, 7) is -0.467. The molecule has 0 heterocycles. The molecule has 0 saturated carbocycles. The van der Waals surface area contributed by atoms with Crippen molar-refractivity contribution in [3.05, 3.63) is 0 Å². The summed E-state index contributed by atoms with van der Waals surface area (Å²) in [5, 5.41) is 3.16. The predicted octanol–water partition coefficient (Wildman–Crippen LogP) is -0.275. The number of methoxy groups -OCH3 is 1. The van der Waals surface area contributed by atoms with E-state index >= 15 is 0 Å². The van der Waals surface area contributed by atoms with Crippen LogP contribution in [0.1, 0.15) is 0 Å². The van der Waals surface area contributed by atoms with Crippen molar-refractivity contribution in [1.29, 1.82) is 0 Å². The maximum absolute atomic E-state index is 12.4. The maximum Gasteiger partial charge on any atom is 0.439 e. The molecule has 0 amide bonds. The first kappa shape index (κ1) is 12.2. The number of aliphatic carboxylic acids is 1. The number of alkyl halides is 2. The molecule has 0 aliphatic rings. The van der Waals surface area contributed by atoms with Crippen LogP contribution in [-0.4, -0.2) is 44.2 Å². The van der Waals surface area contributed by atoms with Crippen LogP contribution in [-0.2, 0) is 19.4 Å². The molecule has 0 aliphatic carbocycles. The van der Waals surface area contributed by atoms with Crippen LogP contribution < -0.4 is 0 Å². The van der Waals surface area contributed by atoms with Gasteiger partial charge in [0.15, 0.2) is 0 Å². The predicted molar refractivity (Wildman–Crippen MR) is 38.2 cm³/mol. The van der Waals surface area contributed by atoms with E-state index in [2.05, 4.69) is 4.74 Å². The highest BCUT2D eigenvalue weighted by molar-refractivity contribution is 7.93. The van der Waals surface area contributed by atoms with Crippen LogP contribution >= 0.6 is 0 Å². The number of halogens is 2. The molecule has 0 aromatic heterocycles.